The van der Waals surface area contributed by atoms with Crippen LogP contribution in [0.3, 0.4) is 0 Å². The van der Waals surface area contributed by atoms with Crippen LogP contribution in [0.25, 0.3) is 0 Å². The maximum atomic E-state index is 6.63. The summed E-state index contributed by atoms with van der Waals surface area (Å²) in [7, 11) is -5.63. The maximum Gasteiger partial charge on any atom is 0.487 e. The van der Waals surface area contributed by atoms with E-state index < -0.39 is 14.8 Å². The van der Waals surface area contributed by atoms with Gasteiger partial charge < -0.3 is 4.58 Å². The number of thiol groups is 1. The first-order valence-corrected chi connectivity index (χ1v) is 20.8. The summed E-state index contributed by atoms with van der Waals surface area (Å²) in [6.45, 7) is 13.4. The van der Waals surface area contributed by atoms with E-state index in [9.17, 15) is 0 Å². The summed E-state index contributed by atoms with van der Waals surface area (Å²) in [4.78, 5) is 0. The van der Waals surface area contributed by atoms with E-state index in [0.717, 1.165) is 0 Å². The number of benzene rings is 6. The van der Waals surface area contributed by atoms with Gasteiger partial charge in [0.25, 0.3) is 7.56 Å². The molecule has 0 amide bonds. The molecule has 0 spiro atoms. The van der Waals surface area contributed by atoms with Crippen molar-refractivity contribution in [2.75, 3.05) is 9.16 Å². The molecule has 49 heavy (non-hydrogen) atoms. The summed E-state index contributed by atoms with van der Waals surface area (Å²) in [5.41, 5.74) is 9.81. The molecule has 244 valence electrons. The normalized spacial score (nSPS) is 15.2. The number of hydrogen-bond acceptors (Lipinski definition) is 4. The molecule has 1 aliphatic heterocycles. The monoisotopic (exact) mass is 694 g/mol. The largest absolute Gasteiger partial charge is 0.487 e. The first kappa shape index (κ1) is 33.5. The highest BCUT2D eigenvalue weighted by Gasteiger charge is 2.64. The molecule has 1 aliphatic rings. The lowest BCUT2D eigenvalue weighted by Gasteiger charge is -2.51. The predicted octanol–water partition coefficient (Wildman–Crippen LogP) is 10.0. The van der Waals surface area contributed by atoms with E-state index in [1.54, 1.807) is 0 Å². The predicted molar refractivity (Wildman–Crippen MR) is 222 cm³/mol. The Morgan fingerprint density at radius 3 is 1.24 bits per heavy atom. The van der Waals surface area contributed by atoms with Crippen LogP contribution in [-0.2, 0) is 0 Å². The fourth-order valence-electron chi connectivity index (χ4n) is 7.81. The summed E-state index contributed by atoms with van der Waals surface area (Å²) in [6, 6.07) is 53.4. The molecule has 0 saturated heterocycles. The van der Waals surface area contributed by atoms with Gasteiger partial charge in [0.2, 0.25) is 0 Å². The Balaban J connectivity index is 1.79. The number of anilines is 2. The van der Waals surface area contributed by atoms with Gasteiger partial charge in [-0.15, -0.1) is 0 Å². The van der Waals surface area contributed by atoms with Crippen molar-refractivity contribution < 1.29 is 0 Å². The molecular formula is C42H43BN3P2S+. The molecule has 6 aromatic rings. The number of hydrogen-bond donors (Lipinski definition) is 1. The van der Waals surface area contributed by atoms with Crippen LogP contribution in [0.5, 0.6) is 0 Å². The van der Waals surface area contributed by atoms with Gasteiger partial charge in [0.05, 0.1) is 5.69 Å². The zero-order valence-corrected chi connectivity index (χ0v) is 31.8. The Morgan fingerprint density at radius 1 is 0.510 bits per heavy atom. The van der Waals surface area contributed by atoms with Crippen molar-refractivity contribution in [2.45, 2.75) is 41.5 Å². The van der Waals surface area contributed by atoms with E-state index >= 15 is 0 Å². The van der Waals surface area contributed by atoms with E-state index in [4.69, 9.17) is 17.0 Å². The SMILES string of the molecule is Cc1cc(C)c(N2B(S)N(c3c(C)cc(C)cc3C)[P+](c3ccccc3)(c3ccccc3)N=P2(c2ccccc2)c2ccccc2)c(C)c1. The fourth-order valence-corrected chi connectivity index (χ4v) is 18.8. The quantitative estimate of drug-likeness (QED) is 0.106. The highest BCUT2D eigenvalue weighted by Crippen LogP contribution is 2.76. The third-order valence-corrected chi connectivity index (χ3v) is 18.6. The number of aryl methyl sites for hydroxylation is 6. The highest BCUT2D eigenvalue weighted by molar-refractivity contribution is 8.17. The van der Waals surface area contributed by atoms with Crippen molar-refractivity contribution in [3.63, 3.8) is 0 Å². The Bertz CT molecular complexity index is 2050. The molecule has 0 N–H and O–H groups in total. The topological polar surface area (TPSA) is 18.8 Å². The van der Waals surface area contributed by atoms with Gasteiger partial charge in [-0.3, -0.25) is 0 Å². The lowest BCUT2D eigenvalue weighted by molar-refractivity contribution is 1.26. The average molecular weight is 695 g/mol. The molecule has 7 heteroatoms. The zero-order valence-electron chi connectivity index (χ0n) is 29.1. The molecular weight excluding hydrogens is 651 g/mol. The van der Waals surface area contributed by atoms with E-state index in [-0.39, 0.29) is 6.26 Å². The minimum absolute atomic E-state index is 0.375. The number of nitrogens with zero attached hydrogens (tertiary/aromatic N) is 3. The molecule has 0 aromatic heterocycles. The van der Waals surface area contributed by atoms with Crippen LogP contribution in [0.15, 0.2) is 150 Å². The van der Waals surface area contributed by atoms with Gasteiger partial charge in [-0.1, -0.05) is 137 Å². The van der Waals surface area contributed by atoms with Gasteiger partial charge in [-0.05, 0) is 88.1 Å². The summed E-state index contributed by atoms with van der Waals surface area (Å²) in [5.74, 6) is 0. The minimum atomic E-state index is -2.81. The van der Waals surface area contributed by atoms with Crippen LogP contribution < -0.4 is 30.4 Å². The fraction of sp³-hybridized carbons (Fsp3) is 0.143. The lowest BCUT2D eigenvalue weighted by Crippen LogP contribution is -2.57. The standard InChI is InChI=1S/C42H43BN3P2S/c1-31-27-33(3)41(34(4)28-31)45-43(49)46(42-35(5)29-32(2)30-36(42)6)48(39-23-15-9-16-24-39,40-25-17-10-18-26-40)44-47(45,37-19-11-7-12-20-37)38-21-13-8-14-22-38/h7-30,49H,1-6H3/q+1. The Kier molecular flexibility index (Phi) is 9.14. The molecule has 0 fully saturated rings. The van der Waals surface area contributed by atoms with Crippen LogP contribution in [0, 0.1) is 41.5 Å². The first-order chi connectivity index (χ1) is 23.7. The third kappa shape index (κ3) is 5.57. The molecule has 7 rings (SSSR count). The molecule has 0 unspecified atom stereocenters. The smallest absolute Gasteiger partial charge is 0.340 e. The second-order valence-corrected chi connectivity index (χ2v) is 19.7. The van der Waals surface area contributed by atoms with Crippen molar-refractivity contribution in [2.24, 2.45) is 4.52 Å². The highest BCUT2D eigenvalue weighted by atomic mass is 32.1. The maximum absolute atomic E-state index is 6.63. The van der Waals surface area contributed by atoms with Crippen LogP contribution >= 0.6 is 27.2 Å². The van der Waals surface area contributed by atoms with Crippen molar-refractivity contribution in [3.8, 4) is 0 Å². The van der Waals surface area contributed by atoms with E-state index in [1.165, 1.54) is 66.0 Å². The molecule has 1 heterocycles. The summed E-state index contributed by atoms with van der Waals surface area (Å²) < 4.78 is 11.9. The first-order valence-electron chi connectivity index (χ1n) is 16.9. The second-order valence-electron chi connectivity index (χ2n) is 13.2. The Morgan fingerprint density at radius 2 is 0.857 bits per heavy atom. The molecule has 0 atom stereocenters. The Hall–Kier alpha value is -4.01. The number of rotatable bonds is 6. The van der Waals surface area contributed by atoms with Crippen molar-refractivity contribution in [1.82, 2.24) is 0 Å². The molecule has 0 aliphatic carbocycles. The molecule has 0 saturated carbocycles. The van der Waals surface area contributed by atoms with E-state index in [1.807, 2.05) is 0 Å². The second kappa shape index (κ2) is 13.4. The molecule has 0 bridgehead atoms. The molecule has 3 nitrogen and oxygen atoms in total. The zero-order chi connectivity index (χ0) is 34.3. The van der Waals surface area contributed by atoms with Crippen molar-refractivity contribution in [1.29, 1.82) is 0 Å². The third-order valence-electron chi connectivity index (χ3n) is 9.51. The van der Waals surface area contributed by atoms with E-state index in [0.29, 0.717) is 0 Å². The lowest BCUT2D eigenvalue weighted by atomic mass is 9.97. The van der Waals surface area contributed by atoms with Crippen LogP contribution in [0.4, 0.5) is 11.4 Å². The van der Waals surface area contributed by atoms with Gasteiger partial charge >= 0.3 is 6.26 Å². The minimum Gasteiger partial charge on any atom is -0.340 e. The summed E-state index contributed by atoms with van der Waals surface area (Å²) in [5, 5.41) is 4.86. The molecule has 0 radical (unpaired) electrons. The Labute approximate surface area is 299 Å². The van der Waals surface area contributed by atoms with Gasteiger partial charge in [0, 0.05) is 16.3 Å². The van der Waals surface area contributed by atoms with Gasteiger partial charge in [-0.25, -0.2) is 4.58 Å². The van der Waals surface area contributed by atoms with Crippen LogP contribution in [0.1, 0.15) is 33.4 Å². The van der Waals surface area contributed by atoms with E-state index in [2.05, 4.69) is 196 Å². The average Bonchev–Trinajstić information content (AvgIpc) is 3.10. The van der Waals surface area contributed by atoms with Crippen LogP contribution in [0.2, 0.25) is 0 Å². The summed E-state index contributed by atoms with van der Waals surface area (Å²) in [6.07, 6.45) is -0.375. The van der Waals surface area contributed by atoms with Gasteiger partial charge in [0.1, 0.15) is 17.8 Å². The van der Waals surface area contributed by atoms with Crippen molar-refractivity contribution in [3.05, 3.63) is 179 Å². The van der Waals surface area contributed by atoms with Crippen LogP contribution in [-0.4, -0.2) is 6.26 Å². The van der Waals surface area contributed by atoms with Crippen molar-refractivity contribution >= 4 is 66.1 Å². The molecule has 6 aromatic carbocycles. The van der Waals surface area contributed by atoms with Gasteiger partial charge in [0.15, 0.2) is 0 Å². The summed E-state index contributed by atoms with van der Waals surface area (Å²) >= 11 is 5.89. The van der Waals surface area contributed by atoms with Gasteiger partial charge in [-0.2, -0.15) is 12.5 Å².